The summed E-state index contributed by atoms with van der Waals surface area (Å²) in [5.41, 5.74) is 5.55. The highest BCUT2D eigenvalue weighted by molar-refractivity contribution is 4.59. The van der Waals surface area contributed by atoms with Crippen LogP contribution in [-0.2, 0) is 0 Å². The lowest BCUT2D eigenvalue weighted by Gasteiger charge is -2.10. The maximum Gasteiger partial charge on any atom is 0.00360 e. The first-order valence-corrected chi connectivity index (χ1v) is 2.94. The van der Waals surface area contributed by atoms with E-state index in [0.29, 0.717) is 12.0 Å². The van der Waals surface area contributed by atoms with Crippen molar-refractivity contribution >= 4 is 0 Å². The maximum atomic E-state index is 5.55. The van der Waals surface area contributed by atoms with E-state index in [1.165, 1.54) is 6.42 Å². The van der Waals surface area contributed by atoms with Gasteiger partial charge < -0.3 is 5.73 Å². The van der Waals surface area contributed by atoms with E-state index in [0.717, 1.165) is 0 Å². The summed E-state index contributed by atoms with van der Waals surface area (Å²) in [6, 6.07) is 0.366. The zero-order chi connectivity index (χ0) is 5.86. The molecule has 0 aromatic heterocycles. The van der Waals surface area contributed by atoms with Crippen molar-refractivity contribution in [3.05, 3.63) is 0 Å². The van der Waals surface area contributed by atoms with E-state index in [1.54, 1.807) is 0 Å². The summed E-state index contributed by atoms with van der Waals surface area (Å²) in [5.74, 6) is 0.681. The first kappa shape index (κ1) is 6.96. The van der Waals surface area contributed by atoms with Gasteiger partial charge in [-0.25, -0.2) is 0 Å². The van der Waals surface area contributed by atoms with Gasteiger partial charge in [0.2, 0.25) is 0 Å². The topological polar surface area (TPSA) is 26.0 Å². The predicted molar refractivity (Wildman–Crippen MR) is 33.1 cm³/mol. The molecule has 7 heavy (non-hydrogen) atoms. The minimum Gasteiger partial charge on any atom is -0.328 e. The molecule has 44 valence electrons. The molecule has 0 saturated carbocycles. The van der Waals surface area contributed by atoms with E-state index in [9.17, 15) is 0 Å². The lowest BCUT2D eigenvalue weighted by molar-refractivity contribution is 0.470. The zero-order valence-corrected chi connectivity index (χ0v) is 5.44. The van der Waals surface area contributed by atoms with Crippen LogP contribution in [0, 0.1) is 5.92 Å². The first-order valence-electron chi connectivity index (χ1n) is 2.94. The zero-order valence-electron chi connectivity index (χ0n) is 5.44. The van der Waals surface area contributed by atoms with Gasteiger partial charge in [-0.05, 0) is 12.8 Å². The van der Waals surface area contributed by atoms with Gasteiger partial charge in [-0.2, -0.15) is 0 Å². The summed E-state index contributed by atoms with van der Waals surface area (Å²) in [7, 11) is 0. The van der Waals surface area contributed by atoms with E-state index >= 15 is 0 Å². The molecule has 0 bridgehead atoms. The summed E-state index contributed by atoms with van der Waals surface area (Å²) >= 11 is 0. The van der Waals surface area contributed by atoms with Crippen molar-refractivity contribution in [1.82, 2.24) is 0 Å². The molecule has 2 N–H and O–H groups in total. The van der Waals surface area contributed by atoms with Crippen LogP contribution in [0.3, 0.4) is 0 Å². The number of hydrogen-bond donors (Lipinski definition) is 1. The van der Waals surface area contributed by atoms with Gasteiger partial charge in [0.1, 0.15) is 0 Å². The van der Waals surface area contributed by atoms with Gasteiger partial charge in [0, 0.05) is 6.04 Å². The van der Waals surface area contributed by atoms with Gasteiger partial charge in [-0.3, -0.25) is 0 Å². The molecular weight excluding hydrogens is 86.1 g/mol. The summed E-state index contributed by atoms with van der Waals surface area (Å²) in [6.07, 6.45) is 1.19. The van der Waals surface area contributed by atoms with E-state index in [4.69, 9.17) is 5.73 Å². The molecule has 0 radical (unpaired) electrons. The SMILES string of the molecule is CCC(C)C(C)N. The molecule has 0 aliphatic heterocycles. The number of nitrogens with two attached hydrogens (primary N) is 1. The second-order valence-electron chi connectivity index (χ2n) is 2.24. The molecule has 2 unspecified atom stereocenters. The fraction of sp³-hybridized carbons (Fsp3) is 1.00. The molecule has 0 saturated heterocycles. The molecule has 0 rings (SSSR count). The quantitative estimate of drug-likeness (QED) is 0.558. The van der Waals surface area contributed by atoms with Crippen molar-refractivity contribution in [2.45, 2.75) is 33.2 Å². The molecule has 0 amide bonds. The number of rotatable bonds is 2. The van der Waals surface area contributed by atoms with Gasteiger partial charge in [0.15, 0.2) is 0 Å². The van der Waals surface area contributed by atoms with Gasteiger partial charge in [-0.15, -0.1) is 0 Å². The van der Waals surface area contributed by atoms with E-state index < -0.39 is 0 Å². The molecule has 0 aliphatic carbocycles. The van der Waals surface area contributed by atoms with Crippen LogP contribution in [-0.4, -0.2) is 6.04 Å². The summed E-state index contributed by atoms with van der Waals surface area (Å²) < 4.78 is 0. The Bertz CT molecular complexity index is 41.4. The highest BCUT2D eigenvalue weighted by atomic mass is 14.6. The molecule has 0 aromatic rings. The molecular formula is C6H15N. The smallest absolute Gasteiger partial charge is 0.00360 e. The van der Waals surface area contributed by atoms with Gasteiger partial charge in [-0.1, -0.05) is 20.3 Å². The van der Waals surface area contributed by atoms with Crippen molar-refractivity contribution in [2.24, 2.45) is 11.7 Å². The monoisotopic (exact) mass is 101 g/mol. The molecule has 0 spiro atoms. The Labute approximate surface area is 45.9 Å². The van der Waals surface area contributed by atoms with Crippen molar-refractivity contribution in [2.75, 3.05) is 0 Å². The first-order chi connectivity index (χ1) is 3.18. The lowest BCUT2D eigenvalue weighted by Crippen LogP contribution is -2.23. The molecule has 0 aliphatic rings. The molecule has 0 aromatic carbocycles. The van der Waals surface area contributed by atoms with Crippen LogP contribution in [0.15, 0.2) is 0 Å². The Hall–Kier alpha value is -0.0400. The van der Waals surface area contributed by atoms with E-state index in [1.807, 2.05) is 6.92 Å². The van der Waals surface area contributed by atoms with Crippen molar-refractivity contribution < 1.29 is 0 Å². The highest BCUT2D eigenvalue weighted by Gasteiger charge is 2.01. The van der Waals surface area contributed by atoms with Crippen LogP contribution in [0.25, 0.3) is 0 Å². The van der Waals surface area contributed by atoms with Crippen molar-refractivity contribution in [3.63, 3.8) is 0 Å². The predicted octanol–water partition coefficient (Wildman–Crippen LogP) is 1.38. The van der Waals surface area contributed by atoms with Crippen molar-refractivity contribution in [3.8, 4) is 0 Å². The Balaban J connectivity index is 3.14. The average Bonchev–Trinajstić information content (AvgIpc) is 1.65. The normalized spacial score (nSPS) is 18.9. The Morgan fingerprint density at radius 3 is 1.86 bits per heavy atom. The largest absolute Gasteiger partial charge is 0.328 e. The van der Waals surface area contributed by atoms with Crippen LogP contribution >= 0.6 is 0 Å². The van der Waals surface area contributed by atoms with Gasteiger partial charge in [0.05, 0.1) is 0 Å². The lowest BCUT2D eigenvalue weighted by atomic mass is 10.0. The summed E-state index contributed by atoms with van der Waals surface area (Å²) in [5, 5.41) is 0. The molecule has 0 fully saturated rings. The third-order valence-corrected chi connectivity index (χ3v) is 1.54. The van der Waals surface area contributed by atoms with Crippen LogP contribution < -0.4 is 5.73 Å². The Morgan fingerprint density at radius 2 is 1.86 bits per heavy atom. The minimum absolute atomic E-state index is 0.366. The molecule has 2 atom stereocenters. The average molecular weight is 101 g/mol. The second-order valence-corrected chi connectivity index (χ2v) is 2.24. The summed E-state index contributed by atoms with van der Waals surface area (Å²) in [4.78, 5) is 0. The Kier molecular flexibility index (Phi) is 3.01. The highest BCUT2D eigenvalue weighted by Crippen LogP contribution is 2.02. The summed E-state index contributed by atoms with van der Waals surface area (Å²) in [6.45, 7) is 6.38. The van der Waals surface area contributed by atoms with Crippen LogP contribution in [0.1, 0.15) is 27.2 Å². The molecule has 1 heteroatoms. The van der Waals surface area contributed by atoms with Gasteiger partial charge in [0.25, 0.3) is 0 Å². The van der Waals surface area contributed by atoms with Crippen LogP contribution in [0.4, 0.5) is 0 Å². The third kappa shape index (κ3) is 2.63. The third-order valence-electron chi connectivity index (χ3n) is 1.54. The fourth-order valence-corrected chi connectivity index (χ4v) is 0.372. The fourth-order valence-electron chi connectivity index (χ4n) is 0.372. The standard InChI is InChI=1S/C6H15N/c1-4-5(2)6(3)7/h5-6H,4,7H2,1-3H3. The number of hydrogen-bond acceptors (Lipinski definition) is 1. The molecule has 1 nitrogen and oxygen atoms in total. The second kappa shape index (κ2) is 3.03. The van der Waals surface area contributed by atoms with Gasteiger partial charge >= 0.3 is 0 Å². The Morgan fingerprint density at radius 1 is 1.43 bits per heavy atom. The van der Waals surface area contributed by atoms with Crippen LogP contribution in [0.5, 0.6) is 0 Å². The van der Waals surface area contributed by atoms with Crippen LogP contribution in [0.2, 0.25) is 0 Å². The molecule has 0 heterocycles. The maximum absolute atomic E-state index is 5.55. The minimum atomic E-state index is 0.366. The van der Waals surface area contributed by atoms with Crippen molar-refractivity contribution in [1.29, 1.82) is 0 Å². The van der Waals surface area contributed by atoms with E-state index in [2.05, 4.69) is 13.8 Å². The van der Waals surface area contributed by atoms with E-state index in [-0.39, 0.29) is 0 Å².